The molecule has 3 aliphatic heterocycles. The van der Waals surface area contributed by atoms with E-state index in [0.717, 1.165) is 22.4 Å². The molecule has 6 rings (SSSR count). The summed E-state index contributed by atoms with van der Waals surface area (Å²) in [5.74, 6) is 0.127. The summed E-state index contributed by atoms with van der Waals surface area (Å²) in [5, 5.41) is 3.63. The van der Waals surface area contributed by atoms with Crippen LogP contribution in [0.5, 0.6) is 0 Å². The lowest BCUT2D eigenvalue weighted by atomic mass is 9.72. The first-order chi connectivity index (χ1) is 14.6. The monoisotopic (exact) mass is 397 g/mol. The van der Waals surface area contributed by atoms with Crippen LogP contribution in [0.15, 0.2) is 79.1 Å². The maximum absolute atomic E-state index is 14.3. The molecule has 30 heavy (non-hydrogen) atoms. The molecule has 1 amide bonds. The zero-order valence-electron chi connectivity index (χ0n) is 16.8. The first kappa shape index (κ1) is 17.7. The maximum atomic E-state index is 14.3. The van der Waals surface area contributed by atoms with Crippen molar-refractivity contribution in [3.05, 3.63) is 95.8 Å². The number of carbonyl (C=O) groups excluding carboxylic acids is 1. The van der Waals surface area contributed by atoms with Crippen molar-refractivity contribution in [2.45, 2.75) is 36.6 Å². The van der Waals surface area contributed by atoms with Crippen LogP contribution in [0.4, 0.5) is 5.69 Å². The number of hydrogen-bond donors (Lipinski definition) is 1. The lowest BCUT2D eigenvalue weighted by Crippen LogP contribution is -2.43. The largest absolute Gasteiger partial charge is 0.376 e. The SMILES string of the molecule is C[C@@]12C[C@@]3(C(=O)N1[C@@H](c1ccccc1)CO2)c1ccccc1N[C@@H]3c1cccnc1. The van der Waals surface area contributed by atoms with Crippen LogP contribution in [0.25, 0.3) is 0 Å². The van der Waals surface area contributed by atoms with E-state index in [4.69, 9.17) is 4.74 Å². The molecule has 1 N–H and O–H groups in total. The number of amides is 1. The summed E-state index contributed by atoms with van der Waals surface area (Å²) in [6, 6.07) is 22.1. The first-order valence-electron chi connectivity index (χ1n) is 10.4. The second-order valence-corrected chi connectivity index (χ2v) is 8.65. The number of pyridine rings is 1. The molecular weight excluding hydrogens is 374 g/mol. The van der Waals surface area contributed by atoms with Crippen LogP contribution >= 0.6 is 0 Å². The molecule has 150 valence electrons. The number of fused-ring (bicyclic) bond motifs is 3. The number of nitrogens with one attached hydrogen (secondary N) is 1. The van der Waals surface area contributed by atoms with Gasteiger partial charge in [-0.15, -0.1) is 0 Å². The third kappa shape index (κ3) is 2.21. The molecule has 0 saturated carbocycles. The highest BCUT2D eigenvalue weighted by Crippen LogP contribution is 2.61. The summed E-state index contributed by atoms with van der Waals surface area (Å²) < 4.78 is 6.35. The van der Waals surface area contributed by atoms with Gasteiger partial charge in [-0.1, -0.05) is 54.6 Å². The van der Waals surface area contributed by atoms with Crippen LogP contribution in [-0.4, -0.2) is 28.1 Å². The minimum Gasteiger partial charge on any atom is -0.376 e. The smallest absolute Gasteiger partial charge is 0.238 e. The van der Waals surface area contributed by atoms with Crippen molar-refractivity contribution in [2.75, 3.05) is 11.9 Å². The van der Waals surface area contributed by atoms with Crippen molar-refractivity contribution in [1.29, 1.82) is 0 Å². The number of ether oxygens (including phenoxy) is 1. The Morgan fingerprint density at radius 3 is 2.60 bits per heavy atom. The van der Waals surface area contributed by atoms with Crippen molar-refractivity contribution < 1.29 is 9.53 Å². The van der Waals surface area contributed by atoms with Crippen LogP contribution in [0.2, 0.25) is 0 Å². The van der Waals surface area contributed by atoms with E-state index < -0.39 is 11.1 Å². The number of hydrogen-bond acceptors (Lipinski definition) is 4. The van der Waals surface area contributed by atoms with Crippen molar-refractivity contribution >= 4 is 11.6 Å². The van der Waals surface area contributed by atoms with Gasteiger partial charge in [0.2, 0.25) is 5.91 Å². The highest BCUT2D eigenvalue weighted by Gasteiger charge is 2.68. The standard InChI is InChI=1S/C25H23N3O2/c1-24-16-25(23(29)28(24)21(15-30-24)17-8-3-2-4-9-17)19-11-5-6-12-20(19)27-22(25)18-10-7-13-26-14-18/h2-14,21-22,27H,15-16H2,1H3/t21-,22-,24-,25-/m1/s1. The fraction of sp³-hybridized carbons (Fsp3) is 0.280. The van der Waals surface area contributed by atoms with Gasteiger partial charge in [0.1, 0.15) is 11.1 Å². The van der Waals surface area contributed by atoms with Gasteiger partial charge in [0, 0.05) is 24.5 Å². The number of rotatable bonds is 2. The molecule has 1 aromatic heterocycles. The second kappa shape index (κ2) is 6.16. The summed E-state index contributed by atoms with van der Waals surface area (Å²) >= 11 is 0. The Morgan fingerprint density at radius 1 is 1.03 bits per heavy atom. The van der Waals surface area contributed by atoms with Gasteiger partial charge >= 0.3 is 0 Å². The molecule has 2 aromatic carbocycles. The highest BCUT2D eigenvalue weighted by molar-refractivity contribution is 5.97. The summed E-state index contributed by atoms with van der Waals surface area (Å²) in [4.78, 5) is 20.7. The number of aromatic nitrogens is 1. The van der Waals surface area contributed by atoms with Crippen LogP contribution < -0.4 is 5.32 Å². The van der Waals surface area contributed by atoms with Gasteiger partial charge in [-0.3, -0.25) is 9.78 Å². The molecule has 4 heterocycles. The van der Waals surface area contributed by atoms with Gasteiger partial charge < -0.3 is 15.0 Å². The van der Waals surface area contributed by atoms with E-state index in [1.54, 1.807) is 6.20 Å². The molecular formula is C25H23N3O2. The number of para-hydroxylation sites is 1. The maximum Gasteiger partial charge on any atom is 0.238 e. The first-order valence-corrected chi connectivity index (χ1v) is 10.4. The molecule has 0 unspecified atom stereocenters. The highest BCUT2D eigenvalue weighted by atomic mass is 16.5. The fourth-order valence-corrected chi connectivity index (χ4v) is 5.74. The Balaban J connectivity index is 1.52. The number of carbonyl (C=O) groups is 1. The average Bonchev–Trinajstić information content (AvgIpc) is 3.38. The molecule has 5 nitrogen and oxygen atoms in total. The Kier molecular flexibility index (Phi) is 3.63. The van der Waals surface area contributed by atoms with Crippen molar-refractivity contribution in [2.24, 2.45) is 0 Å². The third-order valence-electron chi connectivity index (χ3n) is 6.98. The van der Waals surface area contributed by atoms with Crippen molar-refractivity contribution in [3.63, 3.8) is 0 Å². The van der Waals surface area contributed by atoms with Gasteiger partial charge in [-0.25, -0.2) is 0 Å². The van der Waals surface area contributed by atoms with Gasteiger partial charge in [-0.2, -0.15) is 0 Å². The number of anilines is 1. The van der Waals surface area contributed by atoms with E-state index in [0.29, 0.717) is 13.0 Å². The van der Waals surface area contributed by atoms with E-state index in [2.05, 4.69) is 41.5 Å². The number of benzene rings is 2. The molecule has 0 aliphatic carbocycles. The lowest BCUT2D eigenvalue weighted by Gasteiger charge is -2.31. The van der Waals surface area contributed by atoms with Crippen molar-refractivity contribution in [1.82, 2.24) is 9.88 Å². The van der Waals surface area contributed by atoms with E-state index in [9.17, 15) is 4.79 Å². The van der Waals surface area contributed by atoms with Crippen molar-refractivity contribution in [3.8, 4) is 0 Å². The molecule has 2 saturated heterocycles. The average molecular weight is 397 g/mol. The van der Waals surface area contributed by atoms with Crippen LogP contribution in [0.1, 0.15) is 42.1 Å². The van der Waals surface area contributed by atoms with Crippen LogP contribution in [0, 0.1) is 0 Å². The molecule has 3 aliphatic rings. The molecule has 0 bridgehead atoms. The van der Waals surface area contributed by atoms with E-state index in [-0.39, 0.29) is 18.0 Å². The predicted molar refractivity (Wildman–Crippen MR) is 114 cm³/mol. The van der Waals surface area contributed by atoms with Crippen LogP contribution in [0.3, 0.4) is 0 Å². The third-order valence-corrected chi connectivity index (χ3v) is 6.98. The fourth-order valence-electron chi connectivity index (χ4n) is 5.74. The lowest BCUT2D eigenvalue weighted by molar-refractivity contribution is -0.139. The minimum atomic E-state index is -0.720. The van der Waals surface area contributed by atoms with Gasteiger partial charge in [0.25, 0.3) is 0 Å². The van der Waals surface area contributed by atoms with E-state index >= 15 is 0 Å². The van der Waals surface area contributed by atoms with E-state index in [1.165, 1.54) is 0 Å². The molecule has 5 heteroatoms. The Labute approximate surface area is 175 Å². The molecule has 0 radical (unpaired) electrons. The predicted octanol–water partition coefficient (Wildman–Crippen LogP) is 4.21. The normalized spacial score (nSPS) is 31.6. The van der Waals surface area contributed by atoms with Crippen LogP contribution in [-0.2, 0) is 14.9 Å². The molecule has 4 atom stereocenters. The Bertz CT molecular complexity index is 1120. The van der Waals surface area contributed by atoms with Gasteiger partial charge in [-0.05, 0) is 35.7 Å². The zero-order chi connectivity index (χ0) is 20.3. The molecule has 1 spiro atoms. The minimum absolute atomic E-state index is 0.0783. The zero-order valence-corrected chi connectivity index (χ0v) is 16.8. The summed E-state index contributed by atoms with van der Waals surface area (Å²) in [5.41, 5.74) is 2.83. The molecule has 2 fully saturated rings. The Morgan fingerprint density at radius 2 is 1.80 bits per heavy atom. The van der Waals surface area contributed by atoms with Gasteiger partial charge in [0.05, 0.1) is 18.7 Å². The van der Waals surface area contributed by atoms with Gasteiger partial charge in [0.15, 0.2) is 0 Å². The topological polar surface area (TPSA) is 54.5 Å². The summed E-state index contributed by atoms with van der Waals surface area (Å²) in [6.45, 7) is 2.58. The summed E-state index contributed by atoms with van der Waals surface area (Å²) in [6.07, 6.45) is 4.23. The molecule has 3 aromatic rings. The second-order valence-electron chi connectivity index (χ2n) is 8.65. The Hall–Kier alpha value is -3.18. The summed E-state index contributed by atoms with van der Waals surface area (Å²) in [7, 11) is 0. The number of nitrogens with zero attached hydrogens (tertiary/aromatic N) is 2. The quantitative estimate of drug-likeness (QED) is 0.704. The van der Waals surface area contributed by atoms with E-state index in [1.807, 2.05) is 53.6 Å².